The molecule has 2 heterocycles. The van der Waals surface area contributed by atoms with Gasteiger partial charge in [-0.05, 0) is 36.9 Å². The Bertz CT molecular complexity index is 883. The Morgan fingerprint density at radius 2 is 1.78 bits per heavy atom. The third kappa shape index (κ3) is 5.41. The molecule has 7 heteroatoms. The molecule has 4 rings (SSSR count). The molecule has 2 aliphatic heterocycles. The van der Waals surface area contributed by atoms with Gasteiger partial charge in [0.1, 0.15) is 18.1 Å². The van der Waals surface area contributed by atoms with Crippen LogP contribution < -0.4 is 9.47 Å². The Labute approximate surface area is 190 Å². The number of methoxy groups -OCH3 is 1. The Morgan fingerprint density at radius 1 is 1.03 bits per heavy atom. The molecule has 7 nitrogen and oxygen atoms in total. The van der Waals surface area contributed by atoms with Crippen molar-refractivity contribution in [1.82, 2.24) is 14.7 Å². The van der Waals surface area contributed by atoms with E-state index in [9.17, 15) is 4.79 Å². The minimum Gasteiger partial charge on any atom is -0.497 e. The first kappa shape index (κ1) is 22.6. The van der Waals surface area contributed by atoms with Crippen molar-refractivity contribution < 1.29 is 19.0 Å². The van der Waals surface area contributed by atoms with Gasteiger partial charge in [-0.15, -0.1) is 0 Å². The number of morpholine rings is 1. The van der Waals surface area contributed by atoms with E-state index in [1.165, 1.54) is 5.56 Å². The molecule has 0 aromatic heterocycles. The molecular formula is C25H33N3O4. The second kappa shape index (κ2) is 10.8. The van der Waals surface area contributed by atoms with Crippen LogP contribution in [0, 0.1) is 0 Å². The Balaban J connectivity index is 1.41. The quantitative estimate of drug-likeness (QED) is 0.661. The van der Waals surface area contributed by atoms with E-state index in [2.05, 4.69) is 29.0 Å². The lowest BCUT2D eigenvalue weighted by atomic mass is 10.0. The predicted octanol–water partition coefficient (Wildman–Crippen LogP) is 2.54. The molecular weight excluding hydrogens is 406 g/mol. The number of nitrogens with zero attached hydrogens (tertiary/aromatic N) is 3. The molecule has 0 bridgehead atoms. The summed E-state index contributed by atoms with van der Waals surface area (Å²) in [5.74, 6) is 1.52. The Hall–Kier alpha value is -2.61. The average molecular weight is 440 g/mol. The van der Waals surface area contributed by atoms with Crippen LogP contribution in [0.1, 0.15) is 22.0 Å². The molecule has 2 fully saturated rings. The zero-order chi connectivity index (χ0) is 22.3. The SMILES string of the molecule is COc1ccc([C@@H]2CN(C(=O)c3ccccc3OCCN3CCOCC3)CCN2C)cc1. The van der Waals surface area contributed by atoms with Crippen molar-refractivity contribution >= 4 is 5.91 Å². The summed E-state index contributed by atoms with van der Waals surface area (Å²) in [6.45, 7) is 6.95. The number of rotatable bonds is 7. The smallest absolute Gasteiger partial charge is 0.257 e. The number of carbonyl (C=O) groups excluding carboxylic acids is 1. The maximum Gasteiger partial charge on any atom is 0.257 e. The molecule has 2 aromatic carbocycles. The molecule has 0 spiro atoms. The predicted molar refractivity (Wildman–Crippen MR) is 123 cm³/mol. The van der Waals surface area contributed by atoms with Crippen LogP contribution in [0.25, 0.3) is 0 Å². The number of amides is 1. The summed E-state index contributed by atoms with van der Waals surface area (Å²) in [6.07, 6.45) is 0. The normalized spacial score (nSPS) is 20.2. The van der Waals surface area contributed by atoms with Crippen LogP contribution >= 0.6 is 0 Å². The topological polar surface area (TPSA) is 54.5 Å². The molecule has 2 aliphatic rings. The number of piperazine rings is 1. The highest BCUT2D eigenvalue weighted by atomic mass is 16.5. The Kier molecular flexibility index (Phi) is 7.63. The summed E-state index contributed by atoms with van der Waals surface area (Å²) in [4.78, 5) is 20.0. The van der Waals surface area contributed by atoms with Crippen molar-refractivity contribution in [3.05, 3.63) is 59.7 Å². The molecule has 172 valence electrons. The van der Waals surface area contributed by atoms with E-state index in [0.29, 0.717) is 31.0 Å². The van der Waals surface area contributed by atoms with Crippen LogP contribution in [0.5, 0.6) is 11.5 Å². The van der Waals surface area contributed by atoms with E-state index in [-0.39, 0.29) is 11.9 Å². The largest absolute Gasteiger partial charge is 0.497 e. The van der Waals surface area contributed by atoms with E-state index in [1.807, 2.05) is 41.3 Å². The van der Waals surface area contributed by atoms with Crippen molar-refractivity contribution in [1.29, 1.82) is 0 Å². The van der Waals surface area contributed by atoms with Gasteiger partial charge < -0.3 is 19.1 Å². The molecule has 1 atom stereocenters. The van der Waals surface area contributed by atoms with Crippen LogP contribution in [0.3, 0.4) is 0 Å². The Morgan fingerprint density at radius 3 is 2.53 bits per heavy atom. The lowest BCUT2D eigenvalue weighted by Gasteiger charge is -2.40. The van der Waals surface area contributed by atoms with Gasteiger partial charge in [-0.25, -0.2) is 0 Å². The first-order valence-corrected chi connectivity index (χ1v) is 11.3. The first-order chi connectivity index (χ1) is 15.7. The van der Waals surface area contributed by atoms with Gasteiger partial charge in [-0.2, -0.15) is 0 Å². The fraction of sp³-hybridized carbons (Fsp3) is 0.480. The van der Waals surface area contributed by atoms with Crippen molar-refractivity contribution in [3.63, 3.8) is 0 Å². The third-order valence-corrected chi connectivity index (χ3v) is 6.32. The van der Waals surface area contributed by atoms with Crippen molar-refractivity contribution in [3.8, 4) is 11.5 Å². The van der Waals surface area contributed by atoms with Crippen molar-refractivity contribution in [2.45, 2.75) is 6.04 Å². The molecule has 2 aromatic rings. The summed E-state index contributed by atoms with van der Waals surface area (Å²) < 4.78 is 16.7. The maximum absolute atomic E-state index is 13.4. The lowest BCUT2D eigenvalue weighted by molar-refractivity contribution is 0.0321. The second-order valence-corrected chi connectivity index (χ2v) is 8.32. The van der Waals surface area contributed by atoms with Crippen LogP contribution in [-0.4, -0.2) is 93.9 Å². The van der Waals surface area contributed by atoms with Crippen molar-refractivity contribution in [2.24, 2.45) is 0 Å². The van der Waals surface area contributed by atoms with E-state index in [0.717, 1.165) is 45.1 Å². The number of hydrogen-bond acceptors (Lipinski definition) is 6. The molecule has 2 saturated heterocycles. The summed E-state index contributed by atoms with van der Waals surface area (Å²) in [6, 6.07) is 15.8. The fourth-order valence-electron chi connectivity index (χ4n) is 4.29. The second-order valence-electron chi connectivity index (χ2n) is 8.32. The minimum atomic E-state index is 0.0265. The van der Waals surface area contributed by atoms with Crippen LogP contribution in [-0.2, 0) is 4.74 Å². The standard InChI is InChI=1S/C25H33N3O4/c1-26-11-12-28(19-23(26)20-7-9-21(30-2)10-8-20)25(29)22-5-3-4-6-24(22)32-18-15-27-13-16-31-17-14-27/h3-10,23H,11-19H2,1-2H3/t23-/m0/s1. The van der Waals surface area contributed by atoms with Gasteiger partial charge >= 0.3 is 0 Å². The van der Waals surface area contributed by atoms with Crippen LogP contribution in [0.2, 0.25) is 0 Å². The lowest BCUT2D eigenvalue weighted by Crippen LogP contribution is -2.49. The average Bonchev–Trinajstić information content (AvgIpc) is 2.85. The highest BCUT2D eigenvalue weighted by Gasteiger charge is 2.30. The molecule has 0 saturated carbocycles. The van der Waals surface area contributed by atoms with E-state index < -0.39 is 0 Å². The number of hydrogen-bond donors (Lipinski definition) is 0. The molecule has 0 N–H and O–H groups in total. The summed E-state index contributed by atoms with van der Waals surface area (Å²) >= 11 is 0. The fourth-order valence-corrected chi connectivity index (χ4v) is 4.29. The third-order valence-electron chi connectivity index (χ3n) is 6.32. The van der Waals surface area contributed by atoms with E-state index in [1.54, 1.807) is 7.11 Å². The van der Waals surface area contributed by atoms with Gasteiger partial charge in [0.25, 0.3) is 5.91 Å². The molecule has 1 amide bonds. The number of benzene rings is 2. The summed E-state index contributed by atoms with van der Waals surface area (Å²) in [7, 11) is 3.78. The highest BCUT2D eigenvalue weighted by Crippen LogP contribution is 2.28. The van der Waals surface area contributed by atoms with Gasteiger partial charge in [-0.1, -0.05) is 24.3 Å². The zero-order valence-corrected chi connectivity index (χ0v) is 19.0. The molecule has 0 aliphatic carbocycles. The van der Waals surface area contributed by atoms with Gasteiger partial charge in [0.05, 0.1) is 31.9 Å². The van der Waals surface area contributed by atoms with Gasteiger partial charge in [0, 0.05) is 39.3 Å². The minimum absolute atomic E-state index is 0.0265. The molecule has 0 radical (unpaired) electrons. The zero-order valence-electron chi connectivity index (χ0n) is 19.0. The number of likely N-dealkylation sites (N-methyl/N-ethyl adjacent to an activating group) is 1. The van der Waals surface area contributed by atoms with Crippen LogP contribution in [0.4, 0.5) is 0 Å². The van der Waals surface area contributed by atoms with Crippen LogP contribution in [0.15, 0.2) is 48.5 Å². The first-order valence-electron chi connectivity index (χ1n) is 11.3. The number of para-hydroxylation sites is 1. The van der Waals surface area contributed by atoms with Gasteiger partial charge in [0.15, 0.2) is 0 Å². The summed E-state index contributed by atoms with van der Waals surface area (Å²) in [5.41, 5.74) is 1.81. The van der Waals surface area contributed by atoms with Gasteiger partial charge in [0.2, 0.25) is 0 Å². The van der Waals surface area contributed by atoms with E-state index in [4.69, 9.17) is 14.2 Å². The number of carbonyl (C=O) groups is 1. The monoisotopic (exact) mass is 439 g/mol. The molecule has 0 unspecified atom stereocenters. The van der Waals surface area contributed by atoms with Gasteiger partial charge in [-0.3, -0.25) is 14.6 Å². The number of ether oxygens (including phenoxy) is 3. The summed E-state index contributed by atoms with van der Waals surface area (Å²) in [5, 5.41) is 0. The highest BCUT2D eigenvalue weighted by molar-refractivity contribution is 5.97. The molecule has 32 heavy (non-hydrogen) atoms. The van der Waals surface area contributed by atoms with E-state index >= 15 is 0 Å². The maximum atomic E-state index is 13.4. The van der Waals surface area contributed by atoms with Crippen molar-refractivity contribution in [2.75, 3.05) is 73.2 Å².